The highest BCUT2D eigenvalue weighted by molar-refractivity contribution is 9.10. The van der Waals surface area contributed by atoms with Crippen molar-refractivity contribution in [2.24, 2.45) is 0 Å². The Morgan fingerprint density at radius 1 is 1.53 bits per heavy atom. The Labute approximate surface area is 118 Å². The monoisotopic (exact) mass is 332 g/mol. The molecule has 1 aliphatic heterocycles. The molecule has 1 saturated heterocycles. The van der Waals surface area contributed by atoms with Crippen LogP contribution in [0.15, 0.2) is 22.7 Å². The first-order chi connectivity index (χ1) is 9.06. The molecule has 2 atom stereocenters. The number of hydrogen-bond donors (Lipinski definition) is 2. The lowest BCUT2D eigenvalue weighted by atomic mass is 10.1. The molecule has 1 fully saturated rings. The molecule has 0 unspecified atom stereocenters. The van der Waals surface area contributed by atoms with Crippen molar-refractivity contribution in [2.45, 2.75) is 25.1 Å². The fourth-order valence-electron chi connectivity index (χ4n) is 2.07. The first-order valence-electron chi connectivity index (χ1n) is 6.15. The van der Waals surface area contributed by atoms with Crippen LogP contribution < -0.4 is 10.6 Å². The van der Waals surface area contributed by atoms with Crippen molar-refractivity contribution in [3.63, 3.8) is 0 Å². The quantitative estimate of drug-likeness (QED) is 0.884. The van der Waals surface area contributed by atoms with Crippen LogP contribution in [-0.2, 0) is 11.2 Å². The van der Waals surface area contributed by atoms with E-state index in [1.54, 1.807) is 12.1 Å². The van der Waals surface area contributed by atoms with Crippen LogP contribution >= 0.6 is 15.9 Å². The lowest BCUT2D eigenvalue weighted by Crippen LogP contribution is -2.41. The third-order valence-corrected chi connectivity index (χ3v) is 3.59. The molecular weight excluding hydrogens is 318 g/mol. The summed E-state index contributed by atoms with van der Waals surface area (Å²) in [5, 5.41) is 5.50. The van der Waals surface area contributed by atoms with Gasteiger partial charge in [-0.05, 0) is 30.2 Å². The summed E-state index contributed by atoms with van der Waals surface area (Å²) < 4.78 is 27.2. The zero-order valence-corrected chi connectivity index (χ0v) is 11.8. The maximum Gasteiger partial charge on any atom is 0.237 e. The van der Waals surface area contributed by atoms with E-state index in [0.717, 1.165) is 4.47 Å². The lowest BCUT2D eigenvalue weighted by molar-refractivity contribution is -0.122. The molecule has 1 aromatic rings. The normalized spacial score (nSPS) is 22.5. The summed E-state index contributed by atoms with van der Waals surface area (Å²) in [6, 6.07) is 4.23. The smallest absolute Gasteiger partial charge is 0.237 e. The van der Waals surface area contributed by atoms with Crippen molar-refractivity contribution in [1.82, 2.24) is 10.6 Å². The van der Waals surface area contributed by atoms with E-state index in [1.165, 1.54) is 6.07 Å². The van der Waals surface area contributed by atoms with E-state index >= 15 is 0 Å². The third kappa shape index (κ3) is 3.98. The molecule has 1 aliphatic rings. The highest BCUT2D eigenvalue weighted by Crippen LogP contribution is 2.16. The fraction of sp³-hybridized carbons (Fsp3) is 0.462. The minimum Gasteiger partial charge on any atom is -0.354 e. The molecule has 19 heavy (non-hydrogen) atoms. The van der Waals surface area contributed by atoms with Gasteiger partial charge >= 0.3 is 0 Å². The van der Waals surface area contributed by atoms with Gasteiger partial charge in [0.2, 0.25) is 5.91 Å². The van der Waals surface area contributed by atoms with Crippen molar-refractivity contribution in [3.8, 4) is 0 Å². The highest BCUT2D eigenvalue weighted by atomic mass is 79.9. The number of carbonyl (C=O) groups excluding carboxylic acids is 1. The van der Waals surface area contributed by atoms with Gasteiger partial charge in [0.25, 0.3) is 0 Å². The molecule has 0 aromatic heterocycles. The van der Waals surface area contributed by atoms with Crippen LogP contribution in [0.2, 0.25) is 0 Å². The van der Waals surface area contributed by atoms with Crippen molar-refractivity contribution in [2.75, 3.05) is 13.1 Å². The van der Waals surface area contributed by atoms with Crippen molar-refractivity contribution in [3.05, 3.63) is 34.1 Å². The Morgan fingerprint density at radius 2 is 2.32 bits per heavy atom. The molecule has 3 nitrogen and oxygen atoms in total. The predicted octanol–water partition coefficient (Wildman–Crippen LogP) is 1.95. The van der Waals surface area contributed by atoms with E-state index < -0.39 is 12.2 Å². The van der Waals surface area contributed by atoms with E-state index in [0.29, 0.717) is 18.5 Å². The molecule has 1 heterocycles. The largest absolute Gasteiger partial charge is 0.354 e. The number of hydrogen-bond acceptors (Lipinski definition) is 2. The Bertz CT molecular complexity index is 470. The molecule has 1 aromatic carbocycles. The maximum atomic E-state index is 13.5. The molecule has 104 valence electrons. The standard InChI is InChI=1S/C13H15BrF2N2O/c14-9-1-2-11(16)8(5-9)3-4-17-13(19)12-6-10(15)7-18-12/h1-2,5,10,12,18H,3-4,6-7H2,(H,17,19)/t10-,12+/m0/s1. The van der Waals surface area contributed by atoms with Crippen LogP contribution in [0, 0.1) is 5.82 Å². The minimum atomic E-state index is -0.960. The van der Waals surface area contributed by atoms with Crippen LogP contribution in [0.5, 0.6) is 0 Å². The Hall–Kier alpha value is -1.01. The number of benzene rings is 1. The summed E-state index contributed by atoms with van der Waals surface area (Å²) in [5.74, 6) is -0.518. The lowest BCUT2D eigenvalue weighted by Gasteiger charge is -2.11. The van der Waals surface area contributed by atoms with Crippen molar-refractivity contribution >= 4 is 21.8 Å². The van der Waals surface area contributed by atoms with E-state index in [4.69, 9.17) is 0 Å². The summed E-state index contributed by atoms with van der Waals surface area (Å²) in [5.41, 5.74) is 0.539. The third-order valence-electron chi connectivity index (χ3n) is 3.10. The second-order valence-electron chi connectivity index (χ2n) is 4.57. The van der Waals surface area contributed by atoms with Crippen LogP contribution in [0.3, 0.4) is 0 Å². The zero-order valence-electron chi connectivity index (χ0n) is 10.3. The summed E-state index contributed by atoms with van der Waals surface area (Å²) in [7, 11) is 0. The van der Waals surface area contributed by atoms with Gasteiger partial charge < -0.3 is 10.6 Å². The first-order valence-corrected chi connectivity index (χ1v) is 6.94. The number of alkyl halides is 1. The predicted molar refractivity (Wildman–Crippen MR) is 72.1 cm³/mol. The zero-order chi connectivity index (χ0) is 13.8. The molecule has 1 amide bonds. The van der Waals surface area contributed by atoms with E-state index in [-0.39, 0.29) is 24.7 Å². The van der Waals surface area contributed by atoms with Gasteiger partial charge in [-0.2, -0.15) is 0 Å². The van der Waals surface area contributed by atoms with Crippen molar-refractivity contribution in [1.29, 1.82) is 0 Å². The summed E-state index contributed by atoms with van der Waals surface area (Å²) in [4.78, 5) is 11.7. The van der Waals surface area contributed by atoms with Gasteiger partial charge in [0.1, 0.15) is 12.0 Å². The van der Waals surface area contributed by atoms with Crippen molar-refractivity contribution < 1.29 is 13.6 Å². The molecule has 6 heteroatoms. The average molecular weight is 333 g/mol. The molecule has 0 aliphatic carbocycles. The average Bonchev–Trinajstić information content (AvgIpc) is 2.80. The van der Waals surface area contributed by atoms with E-state index in [1.807, 2.05) is 0 Å². The highest BCUT2D eigenvalue weighted by Gasteiger charge is 2.28. The summed E-state index contributed by atoms with van der Waals surface area (Å²) in [6.07, 6.45) is -0.349. The van der Waals surface area contributed by atoms with Crippen LogP contribution in [-0.4, -0.2) is 31.2 Å². The minimum absolute atomic E-state index is 0.205. The van der Waals surface area contributed by atoms with Crippen LogP contribution in [0.1, 0.15) is 12.0 Å². The topological polar surface area (TPSA) is 41.1 Å². The Balaban J connectivity index is 1.80. The van der Waals surface area contributed by atoms with Crippen LogP contribution in [0.25, 0.3) is 0 Å². The second kappa shape index (κ2) is 6.43. The molecular formula is C13H15BrF2N2O. The van der Waals surface area contributed by atoms with E-state index in [2.05, 4.69) is 26.6 Å². The maximum absolute atomic E-state index is 13.5. The van der Waals surface area contributed by atoms with Gasteiger partial charge in [-0.25, -0.2) is 8.78 Å². The molecule has 0 spiro atoms. The number of rotatable bonds is 4. The van der Waals surface area contributed by atoms with Gasteiger partial charge in [-0.1, -0.05) is 15.9 Å². The van der Waals surface area contributed by atoms with Gasteiger partial charge in [0.15, 0.2) is 0 Å². The van der Waals surface area contributed by atoms with Gasteiger partial charge in [-0.15, -0.1) is 0 Å². The SMILES string of the molecule is O=C(NCCc1cc(Br)ccc1F)[C@H]1C[C@H](F)CN1. The van der Waals surface area contributed by atoms with Gasteiger partial charge in [0, 0.05) is 24.0 Å². The molecule has 2 rings (SSSR count). The first kappa shape index (κ1) is 14.4. The van der Waals surface area contributed by atoms with E-state index in [9.17, 15) is 13.6 Å². The molecule has 0 radical (unpaired) electrons. The molecule has 2 N–H and O–H groups in total. The Kier molecular flexibility index (Phi) is 4.87. The number of amides is 1. The second-order valence-corrected chi connectivity index (χ2v) is 5.49. The molecule has 0 bridgehead atoms. The molecule has 0 saturated carbocycles. The summed E-state index contributed by atoms with van der Waals surface area (Å²) >= 11 is 3.27. The number of carbonyl (C=O) groups is 1. The van der Waals surface area contributed by atoms with Gasteiger partial charge in [-0.3, -0.25) is 4.79 Å². The number of nitrogens with one attached hydrogen (secondary N) is 2. The van der Waals surface area contributed by atoms with Crippen LogP contribution in [0.4, 0.5) is 8.78 Å². The summed E-state index contributed by atoms with van der Waals surface area (Å²) in [6.45, 7) is 0.555. The van der Waals surface area contributed by atoms with Gasteiger partial charge in [0.05, 0.1) is 6.04 Å². The number of halogens is 3. The fourth-order valence-corrected chi connectivity index (χ4v) is 2.48. The Morgan fingerprint density at radius 3 is 3.00 bits per heavy atom.